The Hall–Kier alpha value is -3.32. The zero-order valence-corrected chi connectivity index (χ0v) is 22.5. The number of rotatable bonds is 6. The molecule has 36 heavy (non-hydrogen) atoms. The molecule has 1 saturated heterocycles. The third kappa shape index (κ3) is 5.57. The van der Waals surface area contributed by atoms with E-state index >= 15 is 0 Å². The van der Waals surface area contributed by atoms with Crippen LogP contribution in [0.2, 0.25) is 0 Å². The Morgan fingerprint density at radius 3 is 2.53 bits per heavy atom. The van der Waals surface area contributed by atoms with Gasteiger partial charge in [0.05, 0.1) is 24.5 Å². The molecule has 192 valence electrons. The van der Waals surface area contributed by atoms with Crippen molar-refractivity contribution < 1.29 is 9.26 Å². The summed E-state index contributed by atoms with van der Waals surface area (Å²) in [5.74, 6) is 1.92. The number of aromatic nitrogens is 3. The van der Waals surface area contributed by atoms with Crippen LogP contribution < -0.4 is 0 Å². The fourth-order valence-electron chi connectivity index (χ4n) is 4.37. The van der Waals surface area contributed by atoms with Crippen LogP contribution in [0, 0.1) is 0 Å². The minimum Gasteiger partial charge on any atom is -0.372 e. The van der Waals surface area contributed by atoms with E-state index in [0.717, 1.165) is 30.5 Å². The maximum absolute atomic E-state index is 6.21. The average Bonchev–Trinajstić information content (AvgIpc) is 3.61. The summed E-state index contributed by atoms with van der Waals surface area (Å²) in [6.07, 6.45) is 6.24. The van der Waals surface area contributed by atoms with E-state index < -0.39 is 0 Å². The van der Waals surface area contributed by atoms with Crippen LogP contribution in [0.5, 0.6) is 0 Å². The predicted molar refractivity (Wildman–Crippen MR) is 145 cm³/mol. The fraction of sp³-hybridized carbons (Fsp3) is 0.448. The first-order valence-corrected chi connectivity index (χ1v) is 13.1. The van der Waals surface area contributed by atoms with Crippen molar-refractivity contribution in [3.8, 4) is 0 Å². The minimum absolute atomic E-state index is 0.0424. The zero-order valence-electron chi connectivity index (χ0n) is 22.5. The van der Waals surface area contributed by atoms with E-state index in [1.54, 1.807) is 12.5 Å². The first-order valence-electron chi connectivity index (χ1n) is 13.1. The number of hydrogen-bond donors (Lipinski definition) is 0. The average molecular weight is 490 g/mol. The molecule has 0 spiro atoms. The van der Waals surface area contributed by atoms with Crippen LogP contribution in [0.4, 0.5) is 5.82 Å². The van der Waals surface area contributed by atoms with Gasteiger partial charge >= 0.3 is 0 Å². The van der Waals surface area contributed by atoms with E-state index in [4.69, 9.17) is 14.2 Å². The van der Waals surface area contributed by atoms with Crippen LogP contribution in [0.15, 0.2) is 58.7 Å². The smallest absolute Gasteiger partial charge is 0.246 e. The first kappa shape index (κ1) is 27.3. The molecule has 1 fully saturated rings. The molecule has 2 aliphatic rings. The van der Waals surface area contributed by atoms with Crippen LogP contribution in [0.1, 0.15) is 88.9 Å². The maximum atomic E-state index is 6.21. The summed E-state index contributed by atoms with van der Waals surface area (Å²) in [6.45, 7) is 17.5. The second-order valence-corrected chi connectivity index (χ2v) is 8.44. The number of benzene rings is 1. The van der Waals surface area contributed by atoms with Crippen LogP contribution in [0.25, 0.3) is 5.70 Å². The van der Waals surface area contributed by atoms with Gasteiger partial charge in [-0.1, -0.05) is 77.5 Å². The van der Waals surface area contributed by atoms with Crippen LogP contribution in [-0.4, -0.2) is 33.0 Å². The molecule has 4 heterocycles. The molecule has 5 rings (SSSR count). The van der Waals surface area contributed by atoms with Gasteiger partial charge in [-0.05, 0) is 42.5 Å². The van der Waals surface area contributed by atoms with E-state index in [9.17, 15) is 0 Å². The number of nitrogens with zero attached hydrogens (tertiary/aromatic N) is 5. The molecule has 0 radical (unpaired) electrons. The van der Waals surface area contributed by atoms with Gasteiger partial charge in [0.2, 0.25) is 5.89 Å². The summed E-state index contributed by atoms with van der Waals surface area (Å²) < 4.78 is 11.9. The second-order valence-electron chi connectivity index (χ2n) is 8.44. The Kier molecular flexibility index (Phi) is 9.53. The van der Waals surface area contributed by atoms with Crippen molar-refractivity contribution in [3.05, 3.63) is 77.6 Å². The van der Waals surface area contributed by atoms with Crippen LogP contribution in [0.3, 0.4) is 0 Å². The molecule has 2 aromatic heterocycles. The number of aryl methyl sites for hydroxylation is 1. The van der Waals surface area contributed by atoms with Gasteiger partial charge in [-0.2, -0.15) is 4.98 Å². The third-order valence-electron chi connectivity index (χ3n) is 6.59. The van der Waals surface area contributed by atoms with Gasteiger partial charge in [0.25, 0.3) is 0 Å². The zero-order chi connectivity index (χ0) is 26.1. The summed E-state index contributed by atoms with van der Waals surface area (Å²) >= 11 is 0. The topological polar surface area (TPSA) is 76.6 Å². The van der Waals surface area contributed by atoms with Crippen molar-refractivity contribution in [3.63, 3.8) is 0 Å². The molecule has 2 aliphatic heterocycles. The third-order valence-corrected chi connectivity index (χ3v) is 6.59. The van der Waals surface area contributed by atoms with Gasteiger partial charge in [-0.25, -0.2) is 9.98 Å². The van der Waals surface area contributed by atoms with Crippen molar-refractivity contribution in [2.45, 2.75) is 78.9 Å². The van der Waals surface area contributed by atoms with Gasteiger partial charge in [0, 0.05) is 17.5 Å². The summed E-state index contributed by atoms with van der Waals surface area (Å²) in [5, 5.41) is 4.35. The van der Waals surface area contributed by atoms with Crippen LogP contribution in [-0.2, 0) is 23.1 Å². The lowest BCUT2D eigenvalue weighted by Crippen LogP contribution is -2.27. The van der Waals surface area contributed by atoms with E-state index in [1.807, 2.05) is 44.7 Å². The van der Waals surface area contributed by atoms with E-state index in [2.05, 4.69) is 59.8 Å². The lowest BCUT2D eigenvalue weighted by atomic mass is 9.81. The largest absolute Gasteiger partial charge is 0.372 e. The summed E-state index contributed by atoms with van der Waals surface area (Å²) in [7, 11) is 0. The van der Waals surface area contributed by atoms with Crippen LogP contribution >= 0.6 is 0 Å². The first-order chi connectivity index (χ1) is 17.6. The Morgan fingerprint density at radius 2 is 1.83 bits per heavy atom. The van der Waals surface area contributed by atoms with Gasteiger partial charge in [-0.15, -0.1) is 0 Å². The number of hydrogen-bond acceptors (Lipinski definition) is 7. The Balaban J connectivity index is 0.000000861. The Labute approximate surface area is 215 Å². The highest BCUT2D eigenvalue weighted by Gasteiger charge is 2.44. The molecular weight excluding hydrogens is 450 g/mol. The normalized spacial score (nSPS) is 20.2. The summed E-state index contributed by atoms with van der Waals surface area (Å²) in [4.78, 5) is 15.4. The van der Waals surface area contributed by atoms with Crippen molar-refractivity contribution >= 4 is 17.9 Å². The quantitative estimate of drug-likeness (QED) is 0.370. The number of aliphatic imine (C=N–C) groups is 1. The maximum Gasteiger partial charge on any atom is 0.246 e. The second kappa shape index (κ2) is 12.6. The summed E-state index contributed by atoms with van der Waals surface area (Å²) in [5.41, 5.74) is 4.00. The molecule has 1 aromatic carbocycles. The molecule has 7 nitrogen and oxygen atoms in total. The van der Waals surface area contributed by atoms with Crippen molar-refractivity contribution in [2.75, 3.05) is 6.61 Å². The molecule has 0 saturated carbocycles. The van der Waals surface area contributed by atoms with E-state index in [1.165, 1.54) is 11.1 Å². The SMILES string of the molecule is C=C1c2cccnc2N=CN1Cc1nc([C@]2(CC)CO[C@@H](c3ccc(CC)cc3)C2)no1.CC.CC. The molecule has 0 aliphatic carbocycles. The predicted octanol–water partition coefficient (Wildman–Crippen LogP) is 7.04. The highest BCUT2D eigenvalue weighted by atomic mass is 16.5. The molecule has 0 amide bonds. The van der Waals surface area contributed by atoms with E-state index in [-0.39, 0.29) is 11.5 Å². The van der Waals surface area contributed by atoms with Gasteiger partial charge in [0.1, 0.15) is 6.54 Å². The minimum atomic E-state index is -0.251. The number of pyridine rings is 1. The van der Waals surface area contributed by atoms with Crippen molar-refractivity contribution in [2.24, 2.45) is 4.99 Å². The van der Waals surface area contributed by atoms with E-state index in [0.29, 0.717) is 30.7 Å². The lowest BCUT2D eigenvalue weighted by Gasteiger charge is -2.24. The molecular formula is C29H39N5O2. The number of ether oxygens (including phenoxy) is 1. The van der Waals surface area contributed by atoms with Crippen molar-refractivity contribution in [1.29, 1.82) is 0 Å². The standard InChI is InChI=1S/C25H27N5O2.2C2H6/c1-4-18-8-10-19(11-9-18)21-13-25(5-2,15-31-21)24-28-22(32-29-24)14-30-16-27-23-20(17(30)3)7-6-12-26-23;2*1-2/h6-12,16,21H,3-5,13-15H2,1-2H3;2*1-2H3/t21-,25+;;/m1../s1. The number of fused-ring (bicyclic) bond motifs is 1. The highest BCUT2D eigenvalue weighted by molar-refractivity contribution is 5.84. The fourth-order valence-corrected chi connectivity index (χ4v) is 4.37. The molecule has 0 unspecified atom stereocenters. The lowest BCUT2D eigenvalue weighted by molar-refractivity contribution is 0.103. The Morgan fingerprint density at radius 1 is 1.08 bits per heavy atom. The Bertz CT molecular complexity index is 1150. The summed E-state index contributed by atoms with van der Waals surface area (Å²) in [6, 6.07) is 12.5. The van der Waals surface area contributed by atoms with Crippen molar-refractivity contribution in [1.82, 2.24) is 20.0 Å². The monoisotopic (exact) mass is 489 g/mol. The van der Waals surface area contributed by atoms with Gasteiger partial charge < -0.3 is 14.2 Å². The van der Waals surface area contributed by atoms with Gasteiger partial charge in [-0.3, -0.25) is 0 Å². The highest BCUT2D eigenvalue weighted by Crippen LogP contribution is 2.44. The molecule has 0 N–H and O–H groups in total. The molecule has 0 bridgehead atoms. The molecule has 3 aromatic rings. The molecule has 2 atom stereocenters. The van der Waals surface area contributed by atoms with Gasteiger partial charge in [0.15, 0.2) is 11.6 Å². The molecule has 7 heteroatoms.